The highest BCUT2D eigenvalue weighted by molar-refractivity contribution is 6.30. The molecule has 0 saturated carbocycles. The van der Waals surface area contributed by atoms with Crippen LogP contribution in [0.2, 0.25) is 5.02 Å². The van der Waals surface area contributed by atoms with Gasteiger partial charge in [-0.2, -0.15) is 0 Å². The SMILES string of the molecule is CC1(C)c2ccccc2-c2cc3c4cc(-c5ccc6c7ccccc7c7ccccc7c6c5)ccc4n(-c4ccc(-c5c(-c6ccccc6)c(-c6ccccc6)c(-c6ccccc6)c(-c6ccccc6)c5-c5ccc(Cl)cc5)cc4)c3cc21. The zero-order chi connectivity index (χ0) is 55.3. The number of aromatic nitrogens is 1. The molecule has 1 aliphatic carbocycles. The van der Waals surface area contributed by atoms with E-state index in [0.717, 1.165) is 50.2 Å². The third-order valence-electron chi connectivity index (χ3n) is 17.8. The molecule has 83 heavy (non-hydrogen) atoms. The lowest BCUT2D eigenvalue weighted by atomic mass is 9.74. The molecule has 16 rings (SSSR count). The summed E-state index contributed by atoms with van der Waals surface area (Å²) in [5.41, 5.74) is 24.8. The molecule has 0 amide bonds. The number of rotatable bonds is 8. The highest BCUT2D eigenvalue weighted by atomic mass is 35.5. The number of fused-ring (bicyclic) bond motifs is 12. The Morgan fingerprint density at radius 2 is 0.614 bits per heavy atom. The van der Waals surface area contributed by atoms with E-state index < -0.39 is 0 Å². The Bertz CT molecular complexity index is 5020. The molecule has 0 unspecified atom stereocenters. The third-order valence-corrected chi connectivity index (χ3v) is 18.1. The second-order valence-electron chi connectivity index (χ2n) is 22.8. The van der Waals surface area contributed by atoms with Gasteiger partial charge in [0, 0.05) is 26.9 Å². The Hall–Kier alpha value is -10.1. The minimum Gasteiger partial charge on any atom is -0.309 e. The molecule has 0 bridgehead atoms. The van der Waals surface area contributed by atoms with Crippen LogP contribution in [-0.2, 0) is 5.41 Å². The summed E-state index contributed by atoms with van der Waals surface area (Å²) in [7, 11) is 0. The van der Waals surface area contributed by atoms with Gasteiger partial charge in [0.1, 0.15) is 0 Å². The normalized spacial score (nSPS) is 12.6. The highest BCUT2D eigenvalue weighted by Crippen LogP contribution is 2.57. The van der Waals surface area contributed by atoms with Crippen LogP contribution >= 0.6 is 11.6 Å². The van der Waals surface area contributed by atoms with Crippen LogP contribution in [0, 0.1) is 0 Å². The largest absolute Gasteiger partial charge is 0.309 e. The van der Waals surface area contributed by atoms with Gasteiger partial charge < -0.3 is 4.57 Å². The van der Waals surface area contributed by atoms with Crippen molar-refractivity contribution in [1.82, 2.24) is 4.57 Å². The van der Waals surface area contributed by atoms with E-state index in [1.165, 1.54) is 110 Å². The van der Waals surface area contributed by atoms with Crippen LogP contribution in [0.1, 0.15) is 25.0 Å². The molecule has 390 valence electrons. The summed E-state index contributed by atoms with van der Waals surface area (Å²) < 4.78 is 2.51. The second-order valence-corrected chi connectivity index (χ2v) is 23.2. The van der Waals surface area contributed by atoms with Gasteiger partial charge in [0.25, 0.3) is 0 Å². The molecule has 0 N–H and O–H groups in total. The van der Waals surface area contributed by atoms with Crippen LogP contribution in [0.5, 0.6) is 0 Å². The maximum Gasteiger partial charge on any atom is 0.0544 e. The minimum atomic E-state index is -0.181. The van der Waals surface area contributed by atoms with Crippen molar-refractivity contribution in [2.75, 3.05) is 0 Å². The van der Waals surface area contributed by atoms with Crippen LogP contribution in [0.15, 0.2) is 291 Å². The summed E-state index contributed by atoms with van der Waals surface area (Å²) in [6, 6.07) is 108. The van der Waals surface area contributed by atoms with E-state index in [0.29, 0.717) is 5.02 Å². The van der Waals surface area contributed by atoms with Crippen molar-refractivity contribution < 1.29 is 0 Å². The van der Waals surface area contributed by atoms with Crippen molar-refractivity contribution in [1.29, 1.82) is 0 Å². The summed E-state index contributed by atoms with van der Waals surface area (Å²) in [5.74, 6) is 0. The van der Waals surface area contributed by atoms with Gasteiger partial charge in [-0.1, -0.05) is 262 Å². The summed E-state index contributed by atoms with van der Waals surface area (Å²) in [6.45, 7) is 4.77. The van der Waals surface area contributed by atoms with Gasteiger partial charge in [-0.25, -0.2) is 0 Å². The highest BCUT2D eigenvalue weighted by Gasteiger charge is 2.36. The van der Waals surface area contributed by atoms with Crippen LogP contribution in [0.25, 0.3) is 149 Å². The molecule has 1 heterocycles. The summed E-state index contributed by atoms with van der Waals surface area (Å²) in [6.07, 6.45) is 0. The van der Waals surface area contributed by atoms with Gasteiger partial charge in [0.05, 0.1) is 11.0 Å². The number of benzene rings is 14. The topological polar surface area (TPSA) is 4.93 Å². The molecule has 14 aromatic carbocycles. The van der Waals surface area contributed by atoms with Crippen molar-refractivity contribution >= 4 is 65.7 Å². The van der Waals surface area contributed by atoms with E-state index in [2.05, 4.69) is 297 Å². The van der Waals surface area contributed by atoms with Gasteiger partial charge in [0.2, 0.25) is 0 Å². The molecule has 1 aromatic heterocycles. The first-order chi connectivity index (χ1) is 40.9. The smallest absolute Gasteiger partial charge is 0.0544 e. The third kappa shape index (κ3) is 7.76. The average molecular weight is 1080 g/mol. The fourth-order valence-corrected chi connectivity index (χ4v) is 14.2. The molecule has 0 aliphatic heterocycles. The number of hydrogen-bond acceptors (Lipinski definition) is 0. The lowest BCUT2D eigenvalue weighted by Gasteiger charge is -2.29. The van der Waals surface area contributed by atoms with Gasteiger partial charge in [-0.3, -0.25) is 0 Å². The van der Waals surface area contributed by atoms with Gasteiger partial charge in [0.15, 0.2) is 0 Å². The number of halogens is 1. The monoisotopic (exact) mass is 1080 g/mol. The van der Waals surface area contributed by atoms with Crippen LogP contribution in [0.3, 0.4) is 0 Å². The van der Waals surface area contributed by atoms with E-state index >= 15 is 0 Å². The molecule has 0 radical (unpaired) electrons. The Morgan fingerprint density at radius 1 is 0.253 bits per heavy atom. The van der Waals surface area contributed by atoms with Crippen molar-refractivity contribution in [3.63, 3.8) is 0 Å². The quantitative estimate of drug-likeness (QED) is 0.134. The Kier molecular flexibility index (Phi) is 11.4. The van der Waals surface area contributed by atoms with Gasteiger partial charge in [-0.15, -0.1) is 0 Å². The predicted molar refractivity (Wildman–Crippen MR) is 354 cm³/mol. The lowest BCUT2D eigenvalue weighted by molar-refractivity contribution is 0.661. The maximum absolute atomic E-state index is 6.79. The zero-order valence-corrected chi connectivity index (χ0v) is 46.8. The van der Waals surface area contributed by atoms with E-state index in [1.807, 2.05) is 12.1 Å². The summed E-state index contributed by atoms with van der Waals surface area (Å²) in [5, 5.41) is 10.8. The molecule has 15 aromatic rings. The maximum atomic E-state index is 6.79. The van der Waals surface area contributed by atoms with E-state index in [9.17, 15) is 0 Å². The van der Waals surface area contributed by atoms with E-state index in [4.69, 9.17) is 11.6 Å². The number of hydrogen-bond donors (Lipinski definition) is 0. The minimum absolute atomic E-state index is 0.181. The average Bonchev–Trinajstić information content (AvgIpc) is 2.27. The molecule has 0 fully saturated rings. The van der Waals surface area contributed by atoms with Crippen molar-refractivity contribution in [2.45, 2.75) is 19.3 Å². The summed E-state index contributed by atoms with van der Waals surface area (Å²) >= 11 is 6.79. The molecule has 0 saturated heterocycles. The van der Waals surface area contributed by atoms with E-state index in [-0.39, 0.29) is 5.41 Å². The Morgan fingerprint density at radius 3 is 1.11 bits per heavy atom. The summed E-state index contributed by atoms with van der Waals surface area (Å²) in [4.78, 5) is 0. The first-order valence-electron chi connectivity index (χ1n) is 28.8. The van der Waals surface area contributed by atoms with Crippen LogP contribution in [-0.4, -0.2) is 4.57 Å². The second kappa shape index (κ2) is 19.3. The Labute approximate surface area is 488 Å². The zero-order valence-electron chi connectivity index (χ0n) is 46.0. The molecular weight excluding hydrogens is 1020 g/mol. The molecule has 0 spiro atoms. The van der Waals surface area contributed by atoms with Crippen LogP contribution in [0.4, 0.5) is 0 Å². The number of nitrogens with zero attached hydrogens (tertiary/aromatic N) is 1. The van der Waals surface area contributed by atoms with E-state index in [1.54, 1.807) is 0 Å². The predicted octanol–water partition coefficient (Wildman–Crippen LogP) is 22.9. The van der Waals surface area contributed by atoms with Crippen molar-refractivity contribution in [2.24, 2.45) is 0 Å². The van der Waals surface area contributed by atoms with Crippen molar-refractivity contribution in [3.05, 3.63) is 307 Å². The van der Waals surface area contributed by atoms with Gasteiger partial charge in [-0.05, 0) is 187 Å². The van der Waals surface area contributed by atoms with Gasteiger partial charge >= 0.3 is 0 Å². The first-order valence-corrected chi connectivity index (χ1v) is 29.1. The molecule has 0 atom stereocenters. The lowest BCUT2D eigenvalue weighted by Crippen LogP contribution is -2.14. The molecule has 1 aliphatic rings. The first kappa shape index (κ1) is 48.8. The van der Waals surface area contributed by atoms with Crippen LogP contribution < -0.4 is 0 Å². The molecular formula is C81H54ClN. The molecule has 2 heteroatoms. The van der Waals surface area contributed by atoms with Crippen molar-refractivity contribution in [3.8, 4) is 94.7 Å². The fourth-order valence-electron chi connectivity index (χ4n) is 14.1. The standard InChI is InChI=1S/C81H54ClN/c1-81(2)71-34-20-19-33-66(71)68-49-70-69-48-58(57-39-45-65-63-31-16-15-29-61(63)62-30-17-18-32-64(62)67(65)47-57)40-46-73(69)83(74(70)50-72(68)81)60-43-37-56(38-44-60)80-78(54-27-13-6-14-28-54)76(52-23-9-4-10-24-52)75(51-21-7-3-8-22-51)77(53-25-11-5-12-26-53)79(80)55-35-41-59(82)42-36-55/h3-50H,1-2H3. The fraction of sp³-hybridized carbons (Fsp3) is 0.0370. The Balaban J connectivity index is 0.964. The molecule has 1 nitrogen and oxygen atoms in total.